The van der Waals surface area contributed by atoms with E-state index < -0.39 is 18.0 Å². The molecule has 0 fully saturated rings. The number of carbonyl (C=O) groups is 2. The van der Waals surface area contributed by atoms with Crippen molar-refractivity contribution in [3.8, 4) is 0 Å². The molecule has 0 bridgehead atoms. The van der Waals surface area contributed by atoms with E-state index in [2.05, 4.69) is 10.3 Å². The zero-order valence-electron chi connectivity index (χ0n) is 9.09. The summed E-state index contributed by atoms with van der Waals surface area (Å²) in [5, 5.41) is 25.1. The van der Waals surface area contributed by atoms with Gasteiger partial charge in [0.25, 0.3) is 0 Å². The molecule has 1 unspecified atom stereocenters. The average molecular weight is 247 g/mol. The number of rotatable bonds is 4. The molecule has 0 aliphatic heterocycles. The standard InChI is InChI=1S/C11H9N3O4/c15-10(16)8-6-12-13-14(8)9(11(17)18)7-4-2-1-3-5-7/h1-6,9H,(H,15,16)(H,17,18). The average Bonchev–Trinajstić information content (AvgIpc) is 2.79. The van der Waals surface area contributed by atoms with Gasteiger partial charge in [0.05, 0.1) is 6.20 Å². The minimum absolute atomic E-state index is 0.272. The van der Waals surface area contributed by atoms with E-state index in [1.54, 1.807) is 30.3 Å². The number of aromatic nitrogens is 3. The summed E-state index contributed by atoms with van der Waals surface area (Å²) < 4.78 is 0.875. The largest absolute Gasteiger partial charge is 0.479 e. The number of hydrogen-bond donors (Lipinski definition) is 2. The molecule has 0 aliphatic rings. The molecule has 1 heterocycles. The van der Waals surface area contributed by atoms with E-state index in [0.717, 1.165) is 10.9 Å². The molecule has 2 aromatic rings. The smallest absolute Gasteiger partial charge is 0.355 e. The van der Waals surface area contributed by atoms with Gasteiger partial charge < -0.3 is 10.2 Å². The van der Waals surface area contributed by atoms with E-state index in [4.69, 9.17) is 5.11 Å². The van der Waals surface area contributed by atoms with Crippen LogP contribution < -0.4 is 0 Å². The molecular formula is C11H9N3O4. The van der Waals surface area contributed by atoms with Crippen LogP contribution in [0.5, 0.6) is 0 Å². The molecular weight excluding hydrogens is 238 g/mol. The summed E-state index contributed by atoms with van der Waals surface area (Å²) in [4.78, 5) is 22.2. The molecule has 0 saturated carbocycles. The Morgan fingerprint density at radius 2 is 1.83 bits per heavy atom. The van der Waals surface area contributed by atoms with Crippen LogP contribution in [0.3, 0.4) is 0 Å². The molecule has 7 heteroatoms. The van der Waals surface area contributed by atoms with Crippen LogP contribution in [0.2, 0.25) is 0 Å². The van der Waals surface area contributed by atoms with Gasteiger partial charge in [0.15, 0.2) is 11.7 Å². The fraction of sp³-hybridized carbons (Fsp3) is 0.0909. The third-order valence-electron chi connectivity index (χ3n) is 2.39. The molecule has 1 aromatic carbocycles. The third-order valence-corrected chi connectivity index (χ3v) is 2.39. The Labute approximate surface area is 101 Å². The summed E-state index contributed by atoms with van der Waals surface area (Å²) in [5.74, 6) is -2.48. The summed E-state index contributed by atoms with van der Waals surface area (Å²) in [6.07, 6.45) is 1.02. The van der Waals surface area contributed by atoms with E-state index in [9.17, 15) is 14.7 Å². The lowest BCUT2D eigenvalue weighted by Gasteiger charge is -2.13. The first-order valence-corrected chi connectivity index (χ1v) is 5.02. The van der Waals surface area contributed by atoms with Crippen molar-refractivity contribution in [3.63, 3.8) is 0 Å². The minimum atomic E-state index is -1.28. The molecule has 2 N–H and O–H groups in total. The second-order valence-corrected chi connectivity index (χ2v) is 3.52. The zero-order chi connectivity index (χ0) is 13.1. The Morgan fingerprint density at radius 1 is 1.17 bits per heavy atom. The van der Waals surface area contributed by atoms with E-state index in [1.165, 1.54) is 0 Å². The number of hydrogen-bond acceptors (Lipinski definition) is 4. The zero-order valence-corrected chi connectivity index (χ0v) is 9.09. The van der Waals surface area contributed by atoms with E-state index >= 15 is 0 Å². The van der Waals surface area contributed by atoms with E-state index in [1.807, 2.05) is 0 Å². The molecule has 1 aromatic heterocycles. The molecule has 7 nitrogen and oxygen atoms in total. The fourth-order valence-corrected chi connectivity index (χ4v) is 1.61. The van der Waals surface area contributed by atoms with Gasteiger partial charge in [-0.2, -0.15) is 0 Å². The Bertz CT molecular complexity index is 579. The first kappa shape index (κ1) is 11.8. The summed E-state index contributed by atoms with van der Waals surface area (Å²) in [6, 6.07) is 7.05. The molecule has 18 heavy (non-hydrogen) atoms. The van der Waals surface area contributed by atoms with Gasteiger partial charge >= 0.3 is 11.9 Å². The van der Waals surface area contributed by atoms with Crippen LogP contribution in [0, 0.1) is 0 Å². The highest BCUT2D eigenvalue weighted by molar-refractivity contribution is 5.86. The van der Waals surface area contributed by atoms with Crippen molar-refractivity contribution in [2.45, 2.75) is 6.04 Å². The van der Waals surface area contributed by atoms with Crippen LogP contribution >= 0.6 is 0 Å². The van der Waals surface area contributed by atoms with Gasteiger partial charge in [-0.3, -0.25) is 0 Å². The van der Waals surface area contributed by atoms with Crippen molar-refractivity contribution in [2.75, 3.05) is 0 Å². The Balaban J connectivity index is 2.52. The van der Waals surface area contributed by atoms with Crippen LogP contribution in [-0.4, -0.2) is 37.1 Å². The van der Waals surface area contributed by atoms with Crippen LogP contribution in [-0.2, 0) is 4.79 Å². The van der Waals surface area contributed by atoms with Crippen LogP contribution in [0.15, 0.2) is 36.5 Å². The van der Waals surface area contributed by atoms with E-state index in [-0.39, 0.29) is 5.69 Å². The van der Waals surface area contributed by atoms with Crippen LogP contribution in [0.1, 0.15) is 22.1 Å². The maximum Gasteiger partial charge on any atom is 0.355 e. The van der Waals surface area contributed by atoms with Crippen LogP contribution in [0.25, 0.3) is 0 Å². The molecule has 0 amide bonds. The number of carboxylic acids is 2. The first-order valence-electron chi connectivity index (χ1n) is 5.02. The second kappa shape index (κ2) is 4.66. The second-order valence-electron chi connectivity index (χ2n) is 3.52. The highest BCUT2D eigenvalue weighted by Crippen LogP contribution is 2.19. The van der Waals surface area contributed by atoms with Crippen molar-refractivity contribution < 1.29 is 19.8 Å². The Morgan fingerprint density at radius 3 is 2.39 bits per heavy atom. The lowest BCUT2D eigenvalue weighted by molar-refractivity contribution is -0.139. The first-order chi connectivity index (χ1) is 8.61. The molecule has 92 valence electrons. The quantitative estimate of drug-likeness (QED) is 0.821. The molecule has 0 saturated heterocycles. The lowest BCUT2D eigenvalue weighted by Crippen LogP contribution is -2.24. The molecule has 2 rings (SSSR count). The molecule has 0 spiro atoms. The SMILES string of the molecule is O=C(O)c1cnnn1C(C(=O)O)c1ccccc1. The molecule has 0 radical (unpaired) electrons. The lowest BCUT2D eigenvalue weighted by atomic mass is 10.1. The van der Waals surface area contributed by atoms with Crippen molar-refractivity contribution in [3.05, 3.63) is 47.8 Å². The minimum Gasteiger partial charge on any atom is -0.479 e. The summed E-state index contributed by atoms with van der Waals surface area (Å²) in [5.41, 5.74) is 0.157. The van der Waals surface area contributed by atoms with Gasteiger partial charge in [0.1, 0.15) is 0 Å². The summed E-state index contributed by atoms with van der Waals surface area (Å²) in [6.45, 7) is 0. The Hall–Kier alpha value is -2.70. The van der Waals surface area contributed by atoms with Crippen molar-refractivity contribution in [1.82, 2.24) is 15.0 Å². The number of benzene rings is 1. The van der Waals surface area contributed by atoms with Gasteiger partial charge in [-0.05, 0) is 5.56 Å². The maximum atomic E-state index is 11.3. The Kier molecular flexibility index (Phi) is 3.05. The summed E-state index contributed by atoms with van der Waals surface area (Å²) >= 11 is 0. The van der Waals surface area contributed by atoms with Crippen molar-refractivity contribution in [2.24, 2.45) is 0 Å². The highest BCUT2D eigenvalue weighted by Gasteiger charge is 2.27. The number of aliphatic carboxylic acids is 1. The maximum absolute atomic E-state index is 11.3. The van der Waals surface area contributed by atoms with Gasteiger partial charge in [-0.15, -0.1) is 5.10 Å². The van der Waals surface area contributed by atoms with Crippen molar-refractivity contribution >= 4 is 11.9 Å². The predicted molar refractivity (Wildman–Crippen MR) is 59.2 cm³/mol. The monoisotopic (exact) mass is 247 g/mol. The van der Waals surface area contributed by atoms with Gasteiger partial charge in [0, 0.05) is 0 Å². The predicted octanol–water partition coefficient (Wildman–Crippen LogP) is 0.650. The number of aromatic carboxylic acids is 1. The third kappa shape index (κ3) is 2.05. The van der Waals surface area contributed by atoms with E-state index in [0.29, 0.717) is 5.56 Å². The van der Waals surface area contributed by atoms with Gasteiger partial charge in [-0.1, -0.05) is 35.5 Å². The molecule has 1 atom stereocenters. The summed E-state index contributed by atoms with van der Waals surface area (Å²) in [7, 11) is 0. The highest BCUT2D eigenvalue weighted by atomic mass is 16.4. The van der Waals surface area contributed by atoms with Crippen molar-refractivity contribution in [1.29, 1.82) is 0 Å². The van der Waals surface area contributed by atoms with Crippen LogP contribution in [0.4, 0.5) is 0 Å². The topological polar surface area (TPSA) is 105 Å². The number of carboxylic acid groups (broad SMARTS) is 2. The fourth-order valence-electron chi connectivity index (χ4n) is 1.61. The normalized spacial score (nSPS) is 12.0. The molecule has 0 aliphatic carbocycles. The van der Waals surface area contributed by atoms with Gasteiger partial charge in [0.2, 0.25) is 0 Å². The van der Waals surface area contributed by atoms with Gasteiger partial charge in [-0.25, -0.2) is 14.3 Å². The number of nitrogens with zero attached hydrogens (tertiary/aromatic N) is 3.